The van der Waals surface area contributed by atoms with Crippen LogP contribution in [0, 0.1) is 10.1 Å². The molecule has 0 spiro atoms. The summed E-state index contributed by atoms with van der Waals surface area (Å²) in [5.74, 6) is -1.09. The van der Waals surface area contributed by atoms with Crippen LogP contribution < -0.4 is 11.1 Å². The van der Waals surface area contributed by atoms with Crippen LogP contribution in [0.25, 0.3) is 0 Å². The maximum atomic E-state index is 11.3. The van der Waals surface area contributed by atoms with Crippen molar-refractivity contribution in [1.29, 1.82) is 0 Å². The fraction of sp³-hybridized carbons (Fsp3) is 0.125. The Bertz CT molecular complexity index is 747. The number of halogens is 3. The number of Topliss-reactive ketones (excluding diaryl/α,β-unsaturated/α-hetero) is 1. The molecule has 0 atom stereocenters. The molecule has 0 aliphatic heterocycles. The Morgan fingerprint density at radius 1 is 1.08 bits per heavy atom. The molecule has 1 amide bonds. The number of ketones is 1. The largest absolute Gasteiger partial charge is 0.399 e. The molecular weight excluding hydrogens is 405 g/mol. The summed E-state index contributed by atoms with van der Waals surface area (Å²) < 4.78 is 0. The zero-order valence-electron chi connectivity index (χ0n) is 13.2. The van der Waals surface area contributed by atoms with Gasteiger partial charge in [-0.2, -0.15) is 0 Å². The Morgan fingerprint density at radius 2 is 1.62 bits per heavy atom. The fourth-order valence-corrected chi connectivity index (χ4v) is 2.31. The van der Waals surface area contributed by atoms with Gasteiger partial charge in [-0.15, -0.1) is 11.6 Å². The van der Waals surface area contributed by atoms with E-state index in [2.05, 4.69) is 5.32 Å². The van der Waals surface area contributed by atoms with E-state index in [9.17, 15) is 19.7 Å². The van der Waals surface area contributed by atoms with Gasteiger partial charge in [0, 0.05) is 33.6 Å². The third-order valence-electron chi connectivity index (χ3n) is 2.75. The van der Waals surface area contributed by atoms with Crippen LogP contribution in [0.4, 0.5) is 17.1 Å². The van der Waals surface area contributed by atoms with Crippen molar-refractivity contribution in [2.24, 2.45) is 0 Å². The second-order valence-corrected chi connectivity index (χ2v) is 6.04. The molecule has 0 bridgehead atoms. The van der Waals surface area contributed by atoms with E-state index in [4.69, 9.17) is 40.5 Å². The van der Waals surface area contributed by atoms with E-state index < -0.39 is 10.8 Å². The van der Waals surface area contributed by atoms with Gasteiger partial charge in [0.05, 0.1) is 17.2 Å². The summed E-state index contributed by atoms with van der Waals surface area (Å²) >= 11 is 16.4. The van der Waals surface area contributed by atoms with E-state index in [-0.39, 0.29) is 23.8 Å². The maximum Gasteiger partial charge on any atom is 0.269 e. The summed E-state index contributed by atoms with van der Waals surface area (Å²) in [6.45, 7) is 0. The van der Waals surface area contributed by atoms with Gasteiger partial charge < -0.3 is 11.1 Å². The minimum absolute atomic E-state index is 0.0696. The van der Waals surface area contributed by atoms with E-state index in [1.807, 2.05) is 0 Å². The number of amides is 1. The quantitative estimate of drug-likeness (QED) is 0.247. The summed E-state index contributed by atoms with van der Waals surface area (Å²) in [7, 11) is 0. The van der Waals surface area contributed by atoms with Crippen LogP contribution in [-0.2, 0) is 9.59 Å². The van der Waals surface area contributed by atoms with Gasteiger partial charge in [-0.3, -0.25) is 19.7 Å². The molecule has 0 aliphatic rings. The predicted molar refractivity (Wildman–Crippen MR) is 103 cm³/mol. The number of hydrogen-bond acceptors (Lipinski definition) is 5. The molecule has 0 aromatic heterocycles. The molecular formula is C16H14Cl3N3O4. The number of benzene rings is 2. The van der Waals surface area contributed by atoms with Crippen molar-refractivity contribution < 1.29 is 14.5 Å². The van der Waals surface area contributed by atoms with Gasteiger partial charge in [0.15, 0.2) is 5.78 Å². The fourth-order valence-electron chi connectivity index (χ4n) is 1.67. The summed E-state index contributed by atoms with van der Waals surface area (Å²) in [6, 6.07) is 10.2. The number of nitro groups is 1. The first-order chi connectivity index (χ1) is 12.2. The lowest BCUT2D eigenvalue weighted by molar-refractivity contribution is -0.384. The number of nitro benzene ring substituents is 1. The Balaban J connectivity index is 0.000000314. The lowest BCUT2D eigenvalue weighted by atomic mass is 10.2. The molecule has 7 nitrogen and oxygen atoms in total. The number of nitrogen functional groups attached to an aromatic ring is 1. The van der Waals surface area contributed by atoms with Crippen molar-refractivity contribution in [2.75, 3.05) is 16.9 Å². The van der Waals surface area contributed by atoms with Gasteiger partial charge in [0.25, 0.3) is 5.69 Å². The normalized spacial score (nSPS) is 9.65. The molecule has 0 fully saturated rings. The average Bonchev–Trinajstić information content (AvgIpc) is 2.54. The Kier molecular flexibility index (Phi) is 8.84. The number of carbonyl (C=O) groups excluding carboxylic acids is 2. The molecule has 2 aromatic carbocycles. The van der Waals surface area contributed by atoms with Crippen molar-refractivity contribution in [1.82, 2.24) is 0 Å². The Hall–Kier alpha value is -2.35. The monoisotopic (exact) mass is 417 g/mol. The molecule has 0 aliphatic carbocycles. The second kappa shape index (κ2) is 10.6. The molecule has 0 saturated heterocycles. The third kappa shape index (κ3) is 8.15. The third-order valence-corrected chi connectivity index (χ3v) is 3.49. The molecule has 26 heavy (non-hydrogen) atoms. The Labute approximate surface area is 164 Å². The first-order valence-corrected chi connectivity index (χ1v) is 8.34. The molecule has 2 aromatic rings. The van der Waals surface area contributed by atoms with Crippen molar-refractivity contribution in [3.63, 3.8) is 0 Å². The number of hydrogen-bond donors (Lipinski definition) is 2. The molecule has 0 saturated carbocycles. The SMILES string of the molecule is Nc1cc(Cl)cc(Cl)c1.O=C(CCl)CC(=O)Nc1ccc([N+](=O)[O-])cc1. The highest BCUT2D eigenvalue weighted by Gasteiger charge is 2.09. The number of non-ortho nitro benzene ring substituents is 1. The lowest BCUT2D eigenvalue weighted by Gasteiger charge is -2.03. The van der Waals surface area contributed by atoms with Crippen LogP contribution in [0.5, 0.6) is 0 Å². The van der Waals surface area contributed by atoms with E-state index in [0.29, 0.717) is 21.4 Å². The first kappa shape index (κ1) is 21.7. The van der Waals surface area contributed by atoms with E-state index in [0.717, 1.165) is 0 Å². The standard InChI is InChI=1S/C10H9ClN2O4.C6H5Cl2N/c11-6-9(14)5-10(15)12-7-1-3-8(4-2-7)13(16)17;7-4-1-5(8)3-6(9)2-4/h1-4H,5-6H2,(H,12,15);1-3H,9H2. The number of nitrogens with two attached hydrogens (primary N) is 1. The minimum atomic E-state index is -0.539. The molecule has 10 heteroatoms. The smallest absolute Gasteiger partial charge is 0.269 e. The number of nitrogens with one attached hydrogen (secondary N) is 1. The summed E-state index contributed by atoms with van der Waals surface area (Å²) in [5, 5.41) is 13.9. The molecule has 138 valence electrons. The van der Waals surface area contributed by atoms with Crippen LogP contribution >= 0.6 is 34.8 Å². The van der Waals surface area contributed by atoms with Crippen LogP contribution in [0.1, 0.15) is 6.42 Å². The topological polar surface area (TPSA) is 115 Å². The highest BCUT2D eigenvalue weighted by Crippen LogP contribution is 2.19. The van der Waals surface area contributed by atoms with Crippen molar-refractivity contribution in [3.8, 4) is 0 Å². The van der Waals surface area contributed by atoms with Gasteiger partial charge in [-0.1, -0.05) is 23.2 Å². The molecule has 0 radical (unpaired) electrons. The number of carbonyl (C=O) groups is 2. The molecule has 3 N–H and O–H groups in total. The van der Waals surface area contributed by atoms with Crippen molar-refractivity contribution in [2.45, 2.75) is 6.42 Å². The van der Waals surface area contributed by atoms with E-state index in [1.165, 1.54) is 24.3 Å². The van der Waals surface area contributed by atoms with Crippen LogP contribution in [0.2, 0.25) is 10.0 Å². The first-order valence-electron chi connectivity index (χ1n) is 7.04. The second-order valence-electron chi connectivity index (χ2n) is 4.90. The minimum Gasteiger partial charge on any atom is -0.399 e. The number of anilines is 2. The summed E-state index contributed by atoms with van der Waals surface area (Å²) in [6.07, 6.45) is -0.305. The highest BCUT2D eigenvalue weighted by molar-refractivity contribution is 6.35. The van der Waals surface area contributed by atoms with Crippen LogP contribution in [0.3, 0.4) is 0 Å². The predicted octanol–water partition coefficient (Wildman–Crippen LogP) is 4.31. The molecule has 0 heterocycles. The van der Waals surface area contributed by atoms with Gasteiger partial charge in [0.1, 0.15) is 0 Å². The van der Waals surface area contributed by atoms with Gasteiger partial charge in [-0.25, -0.2) is 0 Å². The average molecular weight is 419 g/mol. The Morgan fingerprint density at radius 3 is 2.04 bits per heavy atom. The number of rotatable bonds is 5. The lowest BCUT2D eigenvalue weighted by Crippen LogP contribution is -2.16. The van der Waals surface area contributed by atoms with Crippen LogP contribution in [-0.4, -0.2) is 22.5 Å². The zero-order chi connectivity index (χ0) is 19.7. The highest BCUT2D eigenvalue weighted by atomic mass is 35.5. The van der Waals surface area contributed by atoms with Gasteiger partial charge in [0.2, 0.25) is 5.91 Å². The van der Waals surface area contributed by atoms with Crippen molar-refractivity contribution >= 4 is 63.6 Å². The van der Waals surface area contributed by atoms with Crippen LogP contribution in [0.15, 0.2) is 42.5 Å². The van der Waals surface area contributed by atoms with E-state index in [1.54, 1.807) is 18.2 Å². The molecule has 2 rings (SSSR count). The van der Waals surface area contributed by atoms with E-state index >= 15 is 0 Å². The number of nitrogens with zero attached hydrogens (tertiary/aromatic N) is 1. The molecule has 0 unspecified atom stereocenters. The van der Waals surface area contributed by atoms with Crippen molar-refractivity contribution in [3.05, 3.63) is 62.6 Å². The summed E-state index contributed by atoms with van der Waals surface area (Å²) in [4.78, 5) is 32.0. The zero-order valence-corrected chi connectivity index (χ0v) is 15.5. The summed E-state index contributed by atoms with van der Waals surface area (Å²) in [5.41, 5.74) is 6.30. The van der Waals surface area contributed by atoms with Gasteiger partial charge in [-0.05, 0) is 30.3 Å². The van der Waals surface area contributed by atoms with Gasteiger partial charge >= 0.3 is 0 Å². The number of alkyl halides is 1. The maximum absolute atomic E-state index is 11.3.